The summed E-state index contributed by atoms with van der Waals surface area (Å²) < 4.78 is 44.7. The van der Waals surface area contributed by atoms with Crippen LogP contribution in [0.5, 0.6) is 0 Å². The van der Waals surface area contributed by atoms with E-state index in [2.05, 4.69) is 5.32 Å². The fraction of sp³-hybridized carbons (Fsp3) is 0.263. The molecule has 1 heterocycles. The number of nitrogens with zero attached hydrogens (tertiary/aromatic N) is 1. The van der Waals surface area contributed by atoms with E-state index in [1.807, 2.05) is 0 Å². The van der Waals surface area contributed by atoms with Crippen LogP contribution in [0, 0.1) is 0 Å². The van der Waals surface area contributed by atoms with Crippen LogP contribution < -0.4 is 11.1 Å². The molecule has 1 aliphatic rings. The number of rotatable bonds is 3. The van der Waals surface area contributed by atoms with Crippen LogP contribution in [0.25, 0.3) is 11.1 Å². The van der Waals surface area contributed by atoms with Crippen LogP contribution in [0.3, 0.4) is 0 Å². The minimum absolute atomic E-state index is 0.116. The molecule has 0 radical (unpaired) electrons. The summed E-state index contributed by atoms with van der Waals surface area (Å²) in [5.74, 6) is -0.235. The molecule has 3 amide bonds. The van der Waals surface area contributed by atoms with Gasteiger partial charge in [-0.15, -0.1) is 0 Å². The molecule has 148 valence electrons. The molecule has 3 N–H and O–H groups in total. The Hall–Kier alpha value is -3.07. The van der Waals surface area contributed by atoms with E-state index in [0.717, 1.165) is 18.2 Å². The number of hydrogen-bond donors (Lipinski definition) is 2. The lowest BCUT2D eigenvalue weighted by Crippen LogP contribution is -2.40. The summed E-state index contributed by atoms with van der Waals surface area (Å²) >= 11 is 0. The van der Waals surface area contributed by atoms with E-state index in [4.69, 9.17) is 10.5 Å². The second kappa shape index (κ2) is 7.89. The lowest BCUT2D eigenvalue weighted by molar-refractivity contribution is -0.137. The van der Waals surface area contributed by atoms with Crippen LogP contribution in [0.2, 0.25) is 0 Å². The molecule has 0 spiro atoms. The number of amides is 3. The van der Waals surface area contributed by atoms with Crippen LogP contribution in [0.4, 0.5) is 23.7 Å². The van der Waals surface area contributed by atoms with Gasteiger partial charge in [0.15, 0.2) is 0 Å². The van der Waals surface area contributed by atoms with Crippen molar-refractivity contribution >= 4 is 17.6 Å². The molecule has 9 heteroatoms. The summed E-state index contributed by atoms with van der Waals surface area (Å²) in [7, 11) is 0. The minimum Gasteiger partial charge on any atom is -0.378 e. The first-order valence-electron chi connectivity index (χ1n) is 8.51. The topological polar surface area (TPSA) is 84.7 Å². The predicted molar refractivity (Wildman–Crippen MR) is 96.8 cm³/mol. The van der Waals surface area contributed by atoms with Crippen LogP contribution in [0.15, 0.2) is 42.5 Å². The standard InChI is InChI=1S/C19H18F3N3O3/c20-19(21,22)14-4-5-16(24-18(23)27)15(11-14)12-2-1-3-13(10-12)17(26)25-6-8-28-9-7-25/h1-5,10-11H,6-9H2,(H3,23,24,27). The van der Waals surface area contributed by atoms with Crippen LogP contribution >= 0.6 is 0 Å². The average Bonchev–Trinajstić information content (AvgIpc) is 2.67. The number of carbonyl (C=O) groups excluding carboxylic acids is 2. The minimum atomic E-state index is -4.55. The zero-order chi connectivity index (χ0) is 20.3. The molecule has 2 aromatic rings. The van der Waals surface area contributed by atoms with Crippen molar-refractivity contribution < 1.29 is 27.5 Å². The third-order valence-electron chi connectivity index (χ3n) is 4.32. The molecule has 28 heavy (non-hydrogen) atoms. The molecule has 0 aromatic heterocycles. The maximum absolute atomic E-state index is 13.1. The lowest BCUT2D eigenvalue weighted by atomic mass is 9.98. The molecule has 0 unspecified atom stereocenters. The van der Waals surface area contributed by atoms with E-state index >= 15 is 0 Å². The fourth-order valence-electron chi connectivity index (χ4n) is 2.97. The summed E-state index contributed by atoms with van der Waals surface area (Å²) in [5, 5.41) is 2.32. The first-order chi connectivity index (χ1) is 13.3. The number of primary amides is 1. The van der Waals surface area contributed by atoms with Crippen molar-refractivity contribution in [3.05, 3.63) is 53.6 Å². The molecule has 1 fully saturated rings. The third-order valence-corrected chi connectivity index (χ3v) is 4.32. The second-order valence-electron chi connectivity index (χ2n) is 6.23. The van der Waals surface area contributed by atoms with Gasteiger partial charge in [-0.3, -0.25) is 4.79 Å². The Kier molecular flexibility index (Phi) is 5.55. The number of nitrogens with two attached hydrogens (primary N) is 1. The number of morpholine rings is 1. The first kappa shape index (κ1) is 19.7. The quantitative estimate of drug-likeness (QED) is 0.839. The number of alkyl halides is 3. The Bertz CT molecular complexity index is 893. The van der Waals surface area contributed by atoms with Gasteiger partial charge in [0.25, 0.3) is 5.91 Å². The Balaban J connectivity index is 2.01. The SMILES string of the molecule is NC(=O)Nc1ccc(C(F)(F)F)cc1-c1cccc(C(=O)N2CCOCC2)c1. The number of benzene rings is 2. The maximum atomic E-state index is 13.1. The summed E-state index contributed by atoms with van der Waals surface area (Å²) in [5.41, 5.74) is 5.18. The highest BCUT2D eigenvalue weighted by Gasteiger charge is 2.31. The molecule has 0 saturated carbocycles. The number of ether oxygens (including phenoxy) is 1. The van der Waals surface area contributed by atoms with Crippen molar-refractivity contribution in [3.63, 3.8) is 0 Å². The van der Waals surface area contributed by atoms with Crippen molar-refractivity contribution in [2.24, 2.45) is 5.73 Å². The van der Waals surface area contributed by atoms with Gasteiger partial charge in [-0.05, 0) is 35.9 Å². The molecule has 1 saturated heterocycles. The highest BCUT2D eigenvalue weighted by molar-refractivity contribution is 5.97. The lowest BCUT2D eigenvalue weighted by Gasteiger charge is -2.27. The highest BCUT2D eigenvalue weighted by atomic mass is 19.4. The van der Waals surface area contributed by atoms with E-state index in [0.29, 0.717) is 37.4 Å². The fourth-order valence-corrected chi connectivity index (χ4v) is 2.97. The van der Waals surface area contributed by atoms with E-state index in [1.165, 1.54) is 6.07 Å². The summed E-state index contributed by atoms with van der Waals surface area (Å²) in [6, 6.07) is 8.26. The Morgan fingerprint density at radius 1 is 1.07 bits per heavy atom. The molecule has 0 aliphatic carbocycles. The van der Waals surface area contributed by atoms with Crippen LogP contribution in [-0.4, -0.2) is 43.1 Å². The monoisotopic (exact) mass is 393 g/mol. The first-order valence-corrected chi connectivity index (χ1v) is 8.51. The molecule has 6 nitrogen and oxygen atoms in total. The zero-order valence-corrected chi connectivity index (χ0v) is 14.8. The van der Waals surface area contributed by atoms with Crippen LogP contribution in [0.1, 0.15) is 15.9 Å². The molecule has 2 aromatic carbocycles. The summed E-state index contributed by atoms with van der Waals surface area (Å²) in [6.45, 7) is 1.76. The Labute approximate surface area is 159 Å². The van der Waals surface area contributed by atoms with Gasteiger partial charge < -0.3 is 20.7 Å². The number of urea groups is 1. The van der Waals surface area contributed by atoms with Gasteiger partial charge in [0, 0.05) is 24.2 Å². The van der Waals surface area contributed by atoms with E-state index in [-0.39, 0.29) is 17.2 Å². The van der Waals surface area contributed by atoms with Gasteiger partial charge in [-0.1, -0.05) is 12.1 Å². The van der Waals surface area contributed by atoms with E-state index < -0.39 is 17.8 Å². The second-order valence-corrected chi connectivity index (χ2v) is 6.23. The Morgan fingerprint density at radius 3 is 2.43 bits per heavy atom. The number of anilines is 1. The average molecular weight is 393 g/mol. The number of nitrogens with one attached hydrogen (secondary N) is 1. The molecule has 3 rings (SSSR count). The summed E-state index contributed by atoms with van der Waals surface area (Å²) in [4.78, 5) is 25.5. The van der Waals surface area contributed by atoms with Crippen molar-refractivity contribution in [1.82, 2.24) is 4.90 Å². The maximum Gasteiger partial charge on any atom is 0.416 e. The third kappa shape index (κ3) is 4.42. The van der Waals surface area contributed by atoms with Gasteiger partial charge in [0.2, 0.25) is 0 Å². The predicted octanol–water partition coefficient (Wildman–Crippen LogP) is 3.34. The molecule has 1 aliphatic heterocycles. The Morgan fingerprint density at radius 2 is 1.79 bits per heavy atom. The number of halogens is 3. The smallest absolute Gasteiger partial charge is 0.378 e. The van der Waals surface area contributed by atoms with Crippen molar-refractivity contribution in [2.75, 3.05) is 31.6 Å². The van der Waals surface area contributed by atoms with Crippen LogP contribution in [-0.2, 0) is 10.9 Å². The van der Waals surface area contributed by atoms with E-state index in [9.17, 15) is 22.8 Å². The van der Waals surface area contributed by atoms with Gasteiger partial charge in [-0.2, -0.15) is 13.2 Å². The van der Waals surface area contributed by atoms with E-state index in [1.54, 1.807) is 23.1 Å². The normalized spacial score (nSPS) is 14.6. The molecule has 0 bridgehead atoms. The van der Waals surface area contributed by atoms with Crippen molar-refractivity contribution in [3.8, 4) is 11.1 Å². The zero-order valence-electron chi connectivity index (χ0n) is 14.8. The molecular weight excluding hydrogens is 375 g/mol. The van der Waals surface area contributed by atoms with Gasteiger partial charge >= 0.3 is 12.2 Å². The molecule has 0 atom stereocenters. The van der Waals surface area contributed by atoms with Gasteiger partial charge in [0.1, 0.15) is 0 Å². The highest BCUT2D eigenvalue weighted by Crippen LogP contribution is 2.36. The van der Waals surface area contributed by atoms with Crippen molar-refractivity contribution in [2.45, 2.75) is 6.18 Å². The summed E-state index contributed by atoms with van der Waals surface area (Å²) in [6.07, 6.45) is -4.55. The van der Waals surface area contributed by atoms with Crippen molar-refractivity contribution in [1.29, 1.82) is 0 Å². The van der Waals surface area contributed by atoms with Gasteiger partial charge in [0.05, 0.1) is 24.5 Å². The molecular formula is C19H18F3N3O3. The largest absolute Gasteiger partial charge is 0.416 e. The number of carbonyl (C=O) groups is 2. The van der Waals surface area contributed by atoms with Gasteiger partial charge in [-0.25, -0.2) is 4.79 Å². The number of hydrogen-bond acceptors (Lipinski definition) is 3.